The van der Waals surface area contributed by atoms with Gasteiger partial charge in [0, 0.05) is 10.7 Å². The summed E-state index contributed by atoms with van der Waals surface area (Å²) in [5.41, 5.74) is 0.628. The summed E-state index contributed by atoms with van der Waals surface area (Å²) in [5.74, 6) is 0.844. The van der Waals surface area contributed by atoms with Gasteiger partial charge in [0.1, 0.15) is 0 Å². The van der Waals surface area contributed by atoms with Crippen LogP contribution in [0.4, 0.5) is 5.69 Å². The van der Waals surface area contributed by atoms with E-state index in [2.05, 4.69) is 5.32 Å². The van der Waals surface area contributed by atoms with E-state index in [1.165, 1.54) is 0 Å². The first-order chi connectivity index (χ1) is 10.1. The third-order valence-corrected chi connectivity index (χ3v) is 3.07. The number of ether oxygens (including phenoxy) is 2. The maximum absolute atomic E-state index is 12.1. The van der Waals surface area contributed by atoms with Crippen molar-refractivity contribution in [1.82, 2.24) is 0 Å². The second-order valence-electron chi connectivity index (χ2n) is 4.41. The lowest BCUT2D eigenvalue weighted by atomic mass is 10.3. The van der Waals surface area contributed by atoms with Crippen molar-refractivity contribution in [2.75, 3.05) is 12.4 Å². The van der Waals surface area contributed by atoms with Crippen LogP contribution in [-0.4, -0.2) is 19.1 Å². The molecule has 2 aromatic carbocycles. The molecule has 2 aromatic rings. The van der Waals surface area contributed by atoms with Gasteiger partial charge in [-0.2, -0.15) is 0 Å². The third-order valence-electron chi connectivity index (χ3n) is 2.83. The van der Waals surface area contributed by atoms with Crippen LogP contribution in [0.15, 0.2) is 48.5 Å². The summed E-state index contributed by atoms with van der Waals surface area (Å²) < 4.78 is 10.8. The summed E-state index contributed by atoms with van der Waals surface area (Å²) in [4.78, 5) is 12.1. The van der Waals surface area contributed by atoms with E-state index in [0.29, 0.717) is 22.2 Å². The molecule has 0 aliphatic heterocycles. The van der Waals surface area contributed by atoms with Gasteiger partial charge in [-0.1, -0.05) is 29.8 Å². The molecule has 0 heterocycles. The van der Waals surface area contributed by atoms with Crippen molar-refractivity contribution in [2.24, 2.45) is 0 Å². The van der Waals surface area contributed by atoms with Crippen molar-refractivity contribution in [3.8, 4) is 11.5 Å². The Morgan fingerprint density at radius 2 is 1.86 bits per heavy atom. The predicted molar refractivity (Wildman–Crippen MR) is 83.2 cm³/mol. The van der Waals surface area contributed by atoms with Crippen LogP contribution >= 0.6 is 11.6 Å². The summed E-state index contributed by atoms with van der Waals surface area (Å²) in [5, 5.41) is 3.31. The molecule has 110 valence electrons. The third kappa shape index (κ3) is 4.13. The van der Waals surface area contributed by atoms with Gasteiger partial charge in [-0.25, -0.2) is 0 Å². The van der Waals surface area contributed by atoms with Gasteiger partial charge in [0.05, 0.1) is 7.11 Å². The number of hydrogen-bond donors (Lipinski definition) is 1. The monoisotopic (exact) mass is 305 g/mol. The average molecular weight is 306 g/mol. The number of para-hydroxylation sites is 2. The molecule has 0 spiro atoms. The standard InChI is InChI=1S/C16H16ClNO3/c1-11(21-15-9-4-3-8-14(15)20-2)16(19)18-13-7-5-6-12(17)10-13/h3-11H,1-2H3,(H,18,19). The Hall–Kier alpha value is -2.20. The van der Waals surface area contributed by atoms with Crippen molar-refractivity contribution < 1.29 is 14.3 Å². The first-order valence-corrected chi connectivity index (χ1v) is 6.84. The maximum atomic E-state index is 12.1. The fraction of sp³-hybridized carbons (Fsp3) is 0.188. The van der Waals surface area contributed by atoms with Crippen LogP contribution in [0.2, 0.25) is 5.02 Å². The molecule has 0 aromatic heterocycles. The zero-order chi connectivity index (χ0) is 15.2. The van der Waals surface area contributed by atoms with Crippen LogP contribution in [0, 0.1) is 0 Å². The minimum atomic E-state index is -0.666. The van der Waals surface area contributed by atoms with Gasteiger partial charge >= 0.3 is 0 Å². The van der Waals surface area contributed by atoms with Crippen LogP contribution in [-0.2, 0) is 4.79 Å². The van der Waals surface area contributed by atoms with Crippen molar-refractivity contribution >= 4 is 23.2 Å². The first kappa shape index (κ1) is 15.2. The highest BCUT2D eigenvalue weighted by molar-refractivity contribution is 6.30. The van der Waals surface area contributed by atoms with E-state index in [1.807, 2.05) is 12.1 Å². The quantitative estimate of drug-likeness (QED) is 0.915. The van der Waals surface area contributed by atoms with E-state index in [9.17, 15) is 4.79 Å². The Morgan fingerprint density at radius 3 is 2.52 bits per heavy atom. The van der Waals surface area contributed by atoms with Gasteiger partial charge in [-0.05, 0) is 37.3 Å². The Bertz CT molecular complexity index is 630. The van der Waals surface area contributed by atoms with E-state index in [4.69, 9.17) is 21.1 Å². The highest BCUT2D eigenvalue weighted by Crippen LogP contribution is 2.27. The van der Waals surface area contributed by atoms with Crippen LogP contribution in [0.5, 0.6) is 11.5 Å². The fourth-order valence-corrected chi connectivity index (χ4v) is 1.96. The molecule has 0 saturated carbocycles. The molecule has 0 fully saturated rings. The van der Waals surface area contributed by atoms with Crippen molar-refractivity contribution in [3.63, 3.8) is 0 Å². The zero-order valence-electron chi connectivity index (χ0n) is 11.8. The number of hydrogen-bond acceptors (Lipinski definition) is 3. The Balaban J connectivity index is 2.02. The van der Waals surface area contributed by atoms with Crippen molar-refractivity contribution in [1.29, 1.82) is 0 Å². The molecule has 1 amide bonds. The Kier molecular flexibility index (Phi) is 5.06. The smallest absolute Gasteiger partial charge is 0.265 e. The molecule has 0 saturated heterocycles. The number of anilines is 1. The molecule has 5 heteroatoms. The number of nitrogens with one attached hydrogen (secondary N) is 1. The molecule has 2 rings (SSSR count). The van der Waals surface area contributed by atoms with Gasteiger partial charge in [-0.3, -0.25) is 4.79 Å². The predicted octanol–water partition coefficient (Wildman–Crippen LogP) is 3.75. The van der Waals surface area contributed by atoms with E-state index < -0.39 is 6.10 Å². The zero-order valence-corrected chi connectivity index (χ0v) is 12.6. The van der Waals surface area contributed by atoms with E-state index >= 15 is 0 Å². The lowest BCUT2D eigenvalue weighted by molar-refractivity contribution is -0.122. The number of rotatable bonds is 5. The molecule has 21 heavy (non-hydrogen) atoms. The molecule has 0 aliphatic carbocycles. The molecule has 4 nitrogen and oxygen atoms in total. The van der Waals surface area contributed by atoms with E-state index in [1.54, 1.807) is 50.4 Å². The van der Waals surface area contributed by atoms with Crippen molar-refractivity contribution in [2.45, 2.75) is 13.0 Å². The topological polar surface area (TPSA) is 47.6 Å². The highest BCUT2D eigenvalue weighted by atomic mass is 35.5. The lowest BCUT2D eigenvalue weighted by Crippen LogP contribution is -2.30. The largest absolute Gasteiger partial charge is 0.493 e. The second kappa shape index (κ2) is 6.99. The van der Waals surface area contributed by atoms with Gasteiger partial charge < -0.3 is 14.8 Å². The SMILES string of the molecule is COc1ccccc1OC(C)C(=O)Nc1cccc(Cl)c1. The molecule has 1 atom stereocenters. The molecule has 1 unspecified atom stereocenters. The fourth-order valence-electron chi connectivity index (χ4n) is 1.77. The highest BCUT2D eigenvalue weighted by Gasteiger charge is 2.16. The molecule has 0 bridgehead atoms. The summed E-state index contributed by atoms with van der Waals surface area (Å²) >= 11 is 5.88. The molecule has 1 N–H and O–H groups in total. The molecule has 0 radical (unpaired) electrons. The van der Waals surface area contributed by atoms with Gasteiger partial charge in [0.25, 0.3) is 5.91 Å². The number of amides is 1. The maximum Gasteiger partial charge on any atom is 0.265 e. The number of methoxy groups -OCH3 is 1. The average Bonchev–Trinajstić information content (AvgIpc) is 2.47. The summed E-state index contributed by atoms with van der Waals surface area (Å²) in [6, 6.07) is 14.1. The minimum Gasteiger partial charge on any atom is -0.493 e. The van der Waals surface area contributed by atoms with E-state index in [-0.39, 0.29) is 5.91 Å². The van der Waals surface area contributed by atoms with Crippen molar-refractivity contribution in [3.05, 3.63) is 53.6 Å². The number of benzene rings is 2. The summed E-state index contributed by atoms with van der Waals surface area (Å²) in [6.45, 7) is 1.67. The van der Waals surface area contributed by atoms with Crippen LogP contribution in [0.3, 0.4) is 0 Å². The molecular weight excluding hydrogens is 290 g/mol. The van der Waals surface area contributed by atoms with Crippen LogP contribution < -0.4 is 14.8 Å². The normalized spacial score (nSPS) is 11.6. The number of carbonyl (C=O) groups is 1. The van der Waals surface area contributed by atoms with Gasteiger partial charge in [0.15, 0.2) is 17.6 Å². The number of carbonyl (C=O) groups excluding carboxylic acids is 1. The lowest BCUT2D eigenvalue weighted by Gasteiger charge is -2.16. The Labute approximate surface area is 128 Å². The second-order valence-corrected chi connectivity index (χ2v) is 4.85. The summed E-state index contributed by atoms with van der Waals surface area (Å²) in [7, 11) is 1.55. The van der Waals surface area contributed by atoms with Gasteiger partial charge in [-0.15, -0.1) is 0 Å². The van der Waals surface area contributed by atoms with Crippen LogP contribution in [0.25, 0.3) is 0 Å². The first-order valence-electron chi connectivity index (χ1n) is 6.46. The van der Waals surface area contributed by atoms with Gasteiger partial charge in [0.2, 0.25) is 0 Å². The molecule has 0 aliphatic rings. The minimum absolute atomic E-state index is 0.261. The van der Waals surface area contributed by atoms with E-state index in [0.717, 1.165) is 0 Å². The number of halogens is 1. The molecular formula is C16H16ClNO3. The Morgan fingerprint density at radius 1 is 1.14 bits per heavy atom. The summed E-state index contributed by atoms with van der Waals surface area (Å²) in [6.07, 6.45) is -0.666. The van der Waals surface area contributed by atoms with Crippen LogP contribution in [0.1, 0.15) is 6.92 Å².